The first-order chi connectivity index (χ1) is 7.11. The minimum atomic E-state index is -0.604. The molecule has 0 fully saturated rings. The lowest BCUT2D eigenvalue weighted by atomic mass is 10.4. The third-order valence-corrected chi connectivity index (χ3v) is 1.64. The van der Waals surface area contributed by atoms with Crippen LogP contribution in [0.5, 0.6) is 0 Å². The maximum Gasteiger partial charge on any atom is 0.223 e. The Bertz CT molecular complexity index is 300. The Morgan fingerprint density at radius 1 is 1.53 bits per heavy atom. The van der Waals surface area contributed by atoms with E-state index >= 15 is 0 Å². The molecule has 0 aliphatic carbocycles. The van der Waals surface area contributed by atoms with Crippen molar-refractivity contribution in [2.45, 2.75) is 6.10 Å². The summed E-state index contributed by atoms with van der Waals surface area (Å²) in [4.78, 5) is 7.60. The Balaban J connectivity index is 2.50. The zero-order valence-corrected chi connectivity index (χ0v) is 8.47. The number of rotatable bonds is 5. The number of ether oxygens (including phenoxy) is 1. The Morgan fingerprint density at radius 2 is 2.27 bits per heavy atom. The average Bonchev–Trinajstić information content (AvgIpc) is 2.14. The average molecular weight is 213 g/mol. The molecule has 1 atom stereocenters. The molecule has 7 heteroatoms. The van der Waals surface area contributed by atoms with E-state index in [1.807, 2.05) is 0 Å². The van der Waals surface area contributed by atoms with Crippen molar-refractivity contribution in [3.63, 3.8) is 0 Å². The molecule has 1 unspecified atom stereocenters. The van der Waals surface area contributed by atoms with Crippen LogP contribution < -0.4 is 16.8 Å². The van der Waals surface area contributed by atoms with E-state index in [0.29, 0.717) is 12.4 Å². The van der Waals surface area contributed by atoms with Gasteiger partial charge in [0.05, 0.1) is 12.7 Å². The maximum atomic E-state index is 9.36. The first-order valence-corrected chi connectivity index (χ1v) is 4.42. The van der Waals surface area contributed by atoms with Crippen LogP contribution in [0, 0.1) is 0 Å². The van der Waals surface area contributed by atoms with Gasteiger partial charge in [0.2, 0.25) is 5.95 Å². The normalized spacial score (nSPS) is 12.4. The molecule has 0 bridgehead atoms. The van der Waals surface area contributed by atoms with Crippen molar-refractivity contribution in [3.05, 3.63) is 6.07 Å². The molecule has 0 aromatic carbocycles. The zero-order valence-electron chi connectivity index (χ0n) is 8.47. The molecule has 1 aromatic heterocycles. The highest BCUT2D eigenvalue weighted by molar-refractivity contribution is 5.48. The van der Waals surface area contributed by atoms with Gasteiger partial charge in [0.25, 0.3) is 0 Å². The Hall–Kier alpha value is -1.60. The molecular formula is C8H15N5O2. The van der Waals surface area contributed by atoms with Crippen LogP contribution in [0.4, 0.5) is 17.6 Å². The van der Waals surface area contributed by atoms with Crippen LogP contribution in [0.2, 0.25) is 0 Å². The van der Waals surface area contributed by atoms with Gasteiger partial charge in [-0.05, 0) is 0 Å². The summed E-state index contributed by atoms with van der Waals surface area (Å²) in [5.41, 5.74) is 10.9. The second-order valence-electron chi connectivity index (χ2n) is 3.03. The van der Waals surface area contributed by atoms with E-state index in [-0.39, 0.29) is 18.4 Å². The second kappa shape index (κ2) is 5.32. The second-order valence-corrected chi connectivity index (χ2v) is 3.03. The number of nitrogens with zero attached hydrogens (tertiary/aromatic N) is 2. The van der Waals surface area contributed by atoms with Crippen molar-refractivity contribution in [1.82, 2.24) is 9.97 Å². The number of nitrogen functional groups attached to an aromatic ring is 2. The van der Waals surface area contributed by atoms with Crippen LogP contribution in [-0.4, -0.2) is 41.4 Å². The lowest BCUT2D eigenvalue weighted by Crippen LogP contribution is -2.24. The van der Waals surface area contributed by atoms with E-state index < -0.39 is 6.10 Å². The van der Waals surface area contributed by atoms with Crippen molar-refractivity contribution < 1.29 is 9.84 Å². The molecule has 84 valence electrons. The number of anilines is 3. The van der Waals surface area contributed by atoms with Gasteiger partial charge >= 0.3 is 0 Å². The largest absolute Gasteiger partial charge is 0.389 e. The molecule has 0 aliphatic heterocycles. The molecule has 1 aromatic rings. The highest BCUT2D eigenvalue weighted by atomic mass is 16.5. The van der Waals surface area contributed by atoms with Crippen LogP contribution >= 0.6 is 0 Å². The molecule has 0 aliphatic rings. The number of hydrogen-bond acceptors (Lipinski definition) is 7. The van der Waals surface area contributed by atoms with Crippen LogP contribution in [0.15, 0.2) is 6.07 Å². The summed E-state index contributed by atoms with van der Waals surface area (Å²) in [6, 6.07) is 1.54. The van der Waals surface area contributed by atoms with Gasteiger partial charge in [-0.3, -0.25) is 0 Å². The number of methoxy groups -OCH3 is 1. The van der Waals surface area contributed by atoms with Crippen LogP contribution in [0.1, 0.15) is 0 Å². The van der Waals surface area contributed by atoms with Crippen LogP contribution in [0.3, 0.4) is 0 Å². The van der Waals surface area contributed by atoms with Gasteiger partial charge < -0.3 is 26.6 Å². The molecule has 0 saturated carbocycles. The number of aromatic nitrogens is 2. The highest BCUT2D eigenvalue weighted by Crippen LogP contribution is 2.08. The van der Waals surface area contributed by atoms with Crippen molar-refractivity contribution in [2.24, 2.45) is 0 Å². The summed E-state index contributed by atoms with van der Waals surface area (Å²) in [5, 5.41) is 12.2. The minimum absolute atomic E-state index is 0.0960. The third kappa shape index (κ3) is 3.96. The van der Waals surface area contributed by atoms with Crippen molar-refractivity contribution in [2.75, 3.05) is 37.0 Å². The summed E-state index contributed by atoms with van der Waals surface area (Å²) in [7, 11) is 1.52. The number of nitrogens with two attached hydrogens (primary N) is 2. The van der Waals surface area contributed by atoms with E-state index in [4.69, 9.17) is 16.2 Å². The van der Waals surface area contributed by atoms with E-state index in [9.17, 15) is 5.11 Å². The van der Waals surface area contributed by atoms with E-state index in [1.165, 1.54) is 13.2 Å². The Labute approximate surface area is 87.5 Å². The predicted octanol–water partition coefficient (Wildman–Crippen LogP) is -0.940. The molecule has 0 saturated heterocycles. The first kappa shape index (κ1) is 11.5. The van der Waals surface area contributed by atoms with Gasteiger partial charge in [-0.25, -0.2) is 0 Å². The van der Waals surface area contributed by atoms with Gasteiger partial charge in [-0.2, -0.15) is 9.97 Å². The molecule has 15 heavy (non-hydrogen) atoms. The Morgan fingerprint density at radius 3 is 2.87 bits per heavy atom. The number of hydrogen-bond donors (Lipinski definition) is 4. The standard InChI is InChI=1S/C8H15N5O2/c1-15-4-5(14)3-11-7-2-6(9)12-8(10)13-7/h2,5,14H,3-4H2,1H3,(H5,9,10,11,12,13). The minimum Gasteiger partial charge on any atom is -0.389 e. The fourth-order valence-electron chi connectivity index (χ4n) is 1.05. The molecule has 7 nitrogen and oxygen atoms in total. The van der Waals surface area contributed by atoms with Crippen molar-refractivity contribution in [1.29, 1.82) is 0 Å². The number of aliphatic hydroxyl groups excluding tert-OH is 1. The third-order valence-electron chi connectivity index (χ3n) is 1.64. The smallest absolute Gasteiger partial charge is 0.223 e. The summed E-state index contributed by atoms with van der Waals surface area (Å²) in [5.74, 6) is 0.861. The maximum absolute atomic E-state index is 9.36. The molecular weight excluding hydrogens is 198 g/mol. The van der Waals surface area contributed by atoms with Crippen molar-refractivity contribution in [3.8, 4) is 0 Å². The number of aliphatic hydroxyl groups is 1. The fourth-order valence-corrected chi connectivity index (χ4v) is 1.05. The molecule has 1 heterocycles. The fraction of sp³-hybridized carbons (Fsp3) is 0.500. The first-order valence-electron chi connectivity index (χ1n) is 4.42. The summed E-state index contributed by atoms with van der Waals surface area (Å²) < 4.78 is 4.77. The van der Waals surface area contributed by atoms with Crippen LogP contribution in [0.25, 0.3) is 0 Å². The van der Waals surface area contributed by atoms with Crippen LogP contribution in [-0.2, 0) is 4.74 Å². The summed E-state index contributed by atoms with van der Waals surface area (Å²) in [6.07, 6.45) is -0.604. The van der Waals surface area contributed by atoms with Gasteiger partial charge in [0.1, 0.15) is 11.6 Å². The van der Waals surface area contributed by atoms with Gasteiger partial charge in [-0.15, -0.1) is 0 Å². The van der Waals surface area contributed by atoms with E-state index in [1.54, 1.807) is 0 Å². The highest BCUT2D eigenvalue weighted by Gasteiger charge is 2.04. The topological polar surface area (TPSA) is 119 Å². The lowest BCUT2D eigenvalue weighted by molar-refractivity contribution is 0.0727. The SMILES string of the molecule is COCC(O)CNc1cc(N)nc(N)n1. The molecule has 0 spiro atoms. The predicted molar refractivity (Wildman–Crippen MR) is 57.2 cm³/mol. The molecule has 6 N–H and O–H groups in total. The Kier molecular flexibility index (Phi) is 4.07. The zero-order chi connectivity index (χ0) is 11.3. The van der Waals surface area contributed by atoms with E-state index in [0.717, 1.165) is 0 Å². The number of nitrogens with one attached hydrogen (secondary N) is 1. The lowest BCUT2D eigenvalue weighted by Gasteiger charge is -2.11. The quantitative estimate of drug-likeness (QED) is 0.498. The van der Waals surface area contributed by atoms with Gasteiger partial charge in [-0.1, -0.05) is 0 Å². The molecule has 0 radical (unpaired) electrons. The summed E-state index contributed by atoms with van der Waals surface area (Å²) >= 11 is 0. The molecule has 1 rings (SSSR count). The van der Waals surface area contributed by atoms with E-state index in [2.05, 4.69) is 15.3 Å². The monoisotopic (exact) mass is 213 g/mol. The summed E-state index contributed by atoms with van der Waals surface area (Å²) in [6.45, 7) is 0.562. The van der Waals surface area contributed by atoms with Gasteiger partial charge in [0.15, 0.2) is 0 Å². The molecule has 0 amide bonds. The van der Waals surface area contributed by atoms with Gasteiger partial charge in [0, 0.05) is 19.7 Å². The van der Waals surface area contributed by atoms with Crippen molar-refractivity contribution >= 4 is 17.6 Å².